The number of hydrogen-bond acceptors (Lipinski definition) is 6. The Morgan fingerprint density at radius 1 is 1.31 bits per heavy atom. The second kappa shape index (κ2) is 11.1. The lowest BCUT2D eigenvalue weighted by molar-refractivity contribution is -0.156. The van der Waals surface area contributed by atoms with Crippen LogP contribution in [0.25, 0.3) is 0 Å². The van der Waals surface area contributed by atoms with Crippen molar-refractivity contribution in [3.8, 4) is 0 Å². The molecule has 2 bridgehead atoms. The molecule has 1 N–H and O–H groups in total. The summed E-state index contributed by atoms with van der Waals surface area (Å²) in [4.78, 5) is 45.0. The normalized spacial score (nSPS) is 32.8. The number of fused-ring (bicyclic) bond motifs is 1. The minimum Gasteiger partial charge on any atom is -0.465 e. The number of rotatable bonds is 13. The van der Waals surface area contributed by atoms with E-state index >= 15 is 0 Å². The number of carbonyl (C=O) groups excluding carboxylic acids is 3. The third-order valence-electron chi connectivity index (χ3n) is 8.09. The van der Waals surface area contributed by atoms with E-state index in [1.54, 1.807) is 35.7 Å². The highest BCUT2D eigenvalue weighted by Gasteiger charge is 2.78. The van der Waals surface area contributed by atoms with Crippen molar-refractivity contribution in [2.24, 2.45) is 11.8 Å². The maximum atomic E-state index is 14.2. The highest BCUT2D eigenvalue weighted by atomic mass is 32.2. The lowest BCUT2D eigenvalue weighted by atomic mass is 9.66. The molecule has 2 amide bonds. The fourth-order valence-electron chi connectivity index (χ4n) is 6.41. The Labute approximate surface area is 214 Å². The van der Waals surface area contributed by atoms with Crippen molar-refractivity contribution in [1.29, 1.82) is 0 Å². The minimum absolute atomic E-state index is 0.00727. The number of carbonyl (C=O) groups is 3. The summed E-state index contributed by atoms with van der Waals surface area (Å²) < 4.78 is 4.48. The van der Waals surface area contributed by atoms with Gasteiger partial charge in [-0.2, -0.15) is 0 Å². The molecule has 8 heteroatoms. The standard InChI is InChI=1S/C27H42N2O5S/c1-7-10-11-16-34-25(33)21-20-23(31)29(19(5)17-30)22(27(20)14-13-26(21,6)35-27)24(32)28(15-9-3)18(4)12-8-2/h7,9,18-22,30H,1,3,8,10-17H2,2,4-6H3/t18?,19-,20+,21-,22?,26+,27?/m1/s1. The first-order valence-corrected chi connectivity index (χ1v) is 13.8. The highest BCUT2D eigenvalue weighted by molar-refractivity contribution is 8.02. The van der Waals surface area contributed by atoms with E-state index in [9.17, 15) is 19.5 Å². The maximum absolute atomic E-state index is 14.2. The van der Waals surface area contributed by atoms with Gasteiger partial charge in [0.25, 0.3) is 0 Å². The van der Waals surface area contributed by atoms with Crippen LogP contribution < -0.4 is 0 Å². The van der Waals surface area contributed by atoms with Crippen LogP contribution in [0.4, 0.5) is 0 Å². The molecular weight excluding hydrogens is 464 g/mol. The monoisotopic (exact) mass is 506 g/mol. The predicted octanol–water partition coefficient (Wildman–Crippen LogP) is 3.56. The van der Waals surface area contributed by atoms with Crippen molar-refractivity contribution >= 4 is 29.5 Å². The topological polar surface area (TPSA) is 87.1 Å². The zero-order chi connectivity index (χ0) is 26.0. The number of likely N-dealkylation sites (tertiary alicyclic amines) is 1. The second-order valence-electron chi connectivity index (χ2n) is 10.5. The van der Waals surface area contributed by atoms with E-state index in [-0.39, 0.29) is 37.0 Å². The Morgan fingerprint density at radius 3 is 2.63 bits per heavy atom. The van der Waals surface area contributed by atoms with E-state index in [1.807, 2.05) is 18.7 Å². The molecule has 0 radical (unpaired) electrons. The van der Waals surface area contributed by atoms with Crippen LogP contribution in [0.15, 0.2) is 25.3 Å². The molecule has 3 fully saturated rings. The van der Waals surface area contributed by atoms with E-state index in [0.29, 0.717) is 19.4 Å². The van der Waals surface area contributed by atoms with Crippen LogP contribution in [-0.2, 0) is 19.1 Å². The van der Waals surface area contributed by atoms with Gasteiger partial charge in [0, 0.05) is 17.3 Å². The van der Waals surface area contributed by atoms with Crippen molar-refractivity contribution in [3.05, 3.63) is 25.3 Å². The predicted molar refractivity (Wildman–Crippen MR) is 139 cm³/mol. The number of amides is 2. The van der Waals surface area contributed by atoms with Gasteiger partial charge in [-0.1, -0.05) is 25.5 Å². The number of hydrogen-bond donors (Lipinski definition) is 1. The van der Waals surface area contributed by atoms with Crippen LogP contribution in [-0.4, -0.2) is 80.1 Å². The third-order valence-corrected chi connectivity index (χ3v) is 10.1. The third kappa shape index (κ3) is 4.68. The molecular formula is C27H42N2O5S. The Kier molecular flexibility index (Phi) is 8.79. The fraction of sp³-hybridized carbons (Fsp3) is 0.741. The van der Waals surface area contributed by atoms with E-state index in [4.69, 9.17) is 4.74 Å². The molecule has 7 nitrogen and oxygen atoms in total. The average Bonchev–Trinajstić information content (AvgIpc) is 3.40. The SMILES string of the molecule is C=CCCCOC(=O)[C@H]1[C@H]2C(=O)N([C@H](C)CO)C(C(=O)N(CC=C)C(C)CCC)C23CC[C@]1(C)S3. The average molecular weight is 507 g/mol. The van der Waals surface area contributed by atoms with E-state index in [2.05, 4.69) is 20.1 Å². The molecule has 3 heterocycles. The molecule has 3 unspecified atom stereocenters. The summed E-state index contributed by atoms with van der Waals surface area (Å²) >= 11 is 1.63. The van der Waals surface area contributed by atoms with Crippen molar-refractivity contribution in [1.82, 2.24) is 9.80 Å². The molecule has 3 aliphatic heterocycles. The summed E-state index contributed by atoms with van der Waals surface area (Å²) in [6.07, 6.45) is 8.15. The molecule has 0 aromatic carbocycles. The van der Waals surface area contributed by atoms with Crippen LogP contribution in [0, 0.1) is 11.8 Å². The first kappa shape index (κ1) is 27.8. The molecule has 0 aliphatic carbocycles. The Hall–Kier alpha value is -1.80. The van der Waals surface area contributed by atoms with E-state index in [0.717, 1.165) is 25.7 Å². The molecule has 35 heavy (non-hydrogen) atoms. The summed E-state index contributed by atoms with van der Waals surface area (Å²) in [7, 11) is 0. The zero-order valence-electron chi connectivity index (χ0n) is 21.7. The molecule has 0 aromatic heterocycles. The van der Waals surface area contributed by atoms with Gasteiger partial charge in [-0.3, -0.25) is 14.4 Å². The van der Waals surface area contributed by atoms with Gasteiger partial charge in [0.2, 0.25) is 11.8 Å². The number of thioether (sulfide) groups is 1. The second-order valence-corrected chi connectivity index (χ2v) is 12.4. The maximum Gasteiger partial charge on any atom is 0.311 e. The zero-order valence-corrected chi connectivity index (χ0v) is 22.5. The van der Waals surface area contributed by atoms with E-state index in [1.165, 1.54) is 0 Å². The van der Waals surface area contributed by atoms with E-state index < -0.39 is 33.4 Å². The molecule has 7 atom stereocenters. The number of aliphatic hydroxyl groups is 1. The molecule has 0 saturated carbocycles. The van der Waals surface area contributed by atoms with Crippen LogP contribution in [0.3, 0.4) is 0 Å². The molecule has 3 aliphatic rings. The van der Waals surface area contributed by atoms with Gasteiger partial charge in [0.05, 0.1) is 35.8 Å². The lowest BCUT2D eigenvalue weighted by Gasteiger charge is -2.40. The van der Waals surface area contributed by atoms with Crippen molar-refractivity contribution in [2.45, 2.75) is 93.8 Å². The van der Waals surface area contributed by atoms with Crippen LogP contribution in [0.1, 0.15) is 66.2 Å². The van der Waals surface area contributed by atoms with Crippen LogP contribution in [0.5, 0.6) is 0 Å². The molecule has 196 valence electrons. The molecule has 3 saturated heterocycles. The number of esters is 1. The minimum atomic E-state index is -0.730. The summed E-state index contributed by atoms with van der Waals surface area (Å²) in [5.41, 5.74) is 0. The number of aliphatic hydroxyl groups excluding tert-OH is 1. The number of unbranched alkanes of at least 4 members (excludes halogenated alkanes) is 1. The largest absolute Gasteiger partial charge is 0.465 e. The van der Waals surface area contributed by atoms with Crippen LogP contribution >= 0.6 is 11.8 Å². The smallest absolute Gasteiger partial charge is 0.311 e. The molecule has 1 spiro atoms. The van der Waals surface area contributed by atoms with Gasteiger partial charge in [-0.25, -0.2) is 0 Å². The van der Waals surface area contributed by atoms with Gasteiger partial charge in [-0.05, 0) is 52.9 Å². The van der Waals surface area contributed by atoms with Gasteiger partial charge in [0.1, 0.15) is 6.04 Å². The van der Waals surface area contributed by atoms with Crippen LogP contribution in [0.2, 0.25) is 0 Å². The summed E-state index contributed by atoms with van der Waals surface area (Å²) in [5.74, 6) is -1.91. The Bertz CT molecular complexity index is 849. The van der Waals surface area contributed by atoms with Crippen molar-refractivity contribution in [2.75, 3.05) is 19.8 Å². The molecule has 0 aromatic rings. The summed E-state index contributed by atoms with van der Waals surface area (Å²) in [6, 6.07) is -1.26. The number of ether oxygens (including phenoxy) is 1. The number of allylic oxidation sites excluding steroid dienone is 1. The lowest BCUT2D eigenvalue weighted by Crippen LogP contribution is -2.58. The fourth-order valence-corrected chi connectivity index (χ4v) is 8.74. The Balaban J connectivity index is 2.01. The quantitative estimate of drug-likeness (QED) is 0.234. The first-order valence-electron chi connectivity index (χ1n) is 13.0. The molecule has 3 rings (SSSR count). The summed E-state index contributed by atoms with van der Waals surface area (Å²) in [6.45, 7) is 15.9. The van der Waals surface area contributed by atoms with Gasteiger partial charge in [-0.15, -0.1) is 24.9 Å². The van der Waals surface area contributed by atoms with Gasteiger partial charge in [0.15, 0.2) is 0 Å². The Morgan fingerprint density at radius 2 is 2.03 bits per heavy atom. The first-order chi connectivity index (χ1) is 16.6. The number of nitrogens with zero attached hydrogens (tertiary/aromatic N) is 2. The highest BCUT2D eigenvalue weighted by Crippen LogP contribution is 2.71. The van der Waals surface area contributed by atoms with Gasteiger partial charge >= 0.3 is 5.97 Å². The van der Waals surface area contributed by atoms with Gasteiger partial charge < -0.3 is 19.6 Å². The van der Waals surface area contributed by atoms with Crippen molar-refractivity contribution < 1.29 is 24.2 Å². The summed E-state index contributed by atoms with van der Waals surface area (Å²) in [5, 5.41) is 10.0. The van der Waals surface area contributed by atoms with Crippen molar-refractivity contribution in [3.63, 3.8) is 0 Å².